The van der Waals surface area contributed by atoms with Gasteiger partial charge in [0.15, 0.2) is 11.6 Å². The van der Waals surface area contributed by atoms with Gasteiger partial charge in [-0.1, -0.05) is 25.1 Å². The number of aryl methyl sites for hydroxylation is 2. The molecule has 1 heterocycles. The highest BCUT2D eigenvalue weighted by molar-refractivity contribution is 5.59. The third-order valence-electron chi connectivity index (χ3n) is 4.56. The Bertz CT molecular complexity index is 1040. The van der Waals surface area contributed by atoms with Gasteiger partial charge in [0.2, 0.25) is 0 Å². The number of aromatic hydroxyl groups is 1. The molecule has 3 aromatic rings. The second-order valence-corrected chi connectivity index (χ2v) is 6.33. The molecule has 0 saturated carbocycles. The number of hydrogen-bond acceptors (Lipinski definition) is 3. The van der Waals surface area contributed by atoms with E-state index in [1.54, 1.807) is 19.1 Å². The molecule has 0 bridgehead atoms. The first kappa shape index (κ1) is 18.8. The lowest BCUT2D eigenvalue weighted by molar-refractivity contribution is 0.433. The summed E-state index contributed by atoms with van der Waals surface area (Å²) in [6, 6.07) is 10.3. The average Bonchev–Trinajstić information content (AvgIpc) is 2.63. The van der Waals surface area contributed by atoms with Gasteiger partial charge in [0.1, 0.15) is 11.6 Å². The van der Waals surface area contributed by atoms with E-state index in [4.69, 9.17) is 0 Å². The summed E-state index contributed by atoms with van der Waals surface area (Å²) >= 11 is 0. The normalized spacial score (nSPS) is 11.0. The van der Waals surface area contributed by atoms with Gasteiger partial charge < -0.3 is 5.11 Å². The zero-order chi connectivity index (χ0) is 19.6. The first-order valence-corrected chi connectivity index (χ1v) is 8.75. The molecule has 1 aromatic heterocycles. The van der Waals surface area contributed by atoms with E-state index in [9.17, 15) is 18.7 Å². The lowest BCUT2D eigenvalue weighted by Gasteiger charge is -2.16. The lowest BCUT2D eigenvalue weighted by atomic mass is 10.1. The Morgan fingerprint density at radius 1 is 1.15 bits per heavy atom. The number of nitrogens with zero attached hydrogens (tertiary/aromatic N) is 2. The minimum absolute atomic E-state index is 0.0529. The van der Waals surface area contributed by atoms with Gasteiger partial charge in [-0.05, 0) is 49.6 Å². The summed E-state index contributed by atoms with van der Waals surface area (Å²) < 4.78 is 29.3. The van der Waals surface area contributed by atoms with E-state index in [0.717, 1.165) is 5.56 Å². The van der Waals surface area contributed by atoms with Crippen molar-refractivity contribution in [1.82, 2.24) is 9.55 Å². The van der Waals surface area contributed by atoms with Crippen LogP contribution in [0.4, 0.5) is 8.78 Å². The Labute approximate surface area is 155 Å². The van der Waals surface area contributed by atoms with Gasteiger partial charge in [0, 0.05) is 17.8 Å². The minimum atomic E-state index is -0.826. The Balaban J connectivity index is 2.12. The summed E-state index contributed by atoms with van der Waals surface area (Å²) in [5.41, 5.74) is 1.61. The molecule has 1 N–H and O–H groups in total. The van der Waals surface area contributed by atoms with E-state index in [2.05, 4.69) is 4.98 Å². The second-order valence-electron chi connectivity index (χ2n) is 6.33. The fraction of sp³-hybridized carbons (Fsp3) is 0.238. The first-order valence-electron chi connectivity index (χ1n) is 8.75. The molecule has 0 unspecified atom stereocenters. The minimum Gasteiger partial charge on any atom is -0.505 e. The van der Waals surface area contributed by atoms with Crippen molar-refractivity contribution in [1.29, 1.82) is 0 Å². The van der Waals surface area contributed by atoms with Crippen LogP contribution in [0, 0.1) is 18.6 Å². The van der Waals surface area contributed by atoms with Crippen LogP contribution in [0.2, 0.25) is 0 Å². The molecular weight excluding hydrogens is 350 g/mol. The molecule has 3 rings (SSSR count). The summed E-state index contributed by atoms with van der Waals surface area (Å²) in [7, 11) is 0. The van der Waals surface area contributed by atoms with Crippen molar-refractivity contribution in [2.24, 2.45) is 0 Å². The van der Waals surface area contributed by atoms with E-state index in [-0.39, 0.29) is 29.3 Å². The van der Waals surface area contributed by atoms with E-state index >= 15 is 0 Å². The molecule has 4 nitrogen and oxygen atoms in total. The van der Waals surface area contributed by atoms with Crippen molar-refractivity contribution in [2.75, 3.05) is 0 Å². The van der Waals surface area contributed by atoms with Crippen LogP contribution in [0.5, 0.6) is 5.75 Å². The number of rotatable bonds is 5. The molecule has 0 aliphatic carbocycles. The zero-order valence-electron chi connectivity index (χ0n) is 15.2. The van der Waals surface area contributed by atoms with Crippen molar-refractivity contribution in [3.63, 3.8) is 0 Å². The maximum absolute atomic E-state index is 14.5. The number of hydrogen-bond donors (Lipinski definition) is 1. The van der Waals surface area contributed by atoms with Gasteiger partial charge in [0.05, 0.1) is 5.56 Å². The highest BCUT2D eigenvalue weighted by Crippen LogP contribution is 2.27. The van der Waals surface area contributed by atoms with Crippen LogP contribution < -0.4 is 5.56 Å². The molecule has 6 heteroatoms. The predicted octanol–water partition coefficient (Wildman–Crippen LogP) is 4.01. The Morgan fingerprint density at radius 3 is 2.59 bits per heavy atom. The number of phenolic OH excluding ortho intramolecular Hbond substituents is 1. The Hall–Kier alpha value is -3.02. The Morgan fingerprint density at radius 2 is 1.89 bits per heavy atom. The largest absolute Gasteiger partial charge is 0.505 e. The van der Waals surface area contributed by atoms with Crippen molar-refractivity contribution in [3.05, 3.63) is 81.3 Å². The maximum atomic E-state index is 14.5. The zero-order valence-corrected chi connectivity index (χ0v) is 15.2. The van der Waals surface area contributed by atoms with Gasteiger partial charge in [-0.3, -0.25) is 9.36 Å². The molecule has 140 valence electrons. The third-order valence-corrected chi connectivity index (χ3v) is 4.56. The number of phenols is 1. The fourth-order valence-corrected chi connectivity index (χ4v) is 3.15. The van der Waals surface area contributed by atoms with Crippen molar-refractivity contribution in [3.8, 4) is 17.1 Å². The van der Waals surface area contributed by atoms with Crippen molar-refractivity contribution < 1.29 is 13.9 Å². The SMILES string of the molecule is CCc1c(C)nc(-c2cccc(O)c2F)n(CCc2cccc(F)c2)c1=O. The number of aromatic nitrogens is 2. The fourth-order valence-electron chi connectivity index (χ4n) is 3.15. The Kier molecular flexibility index (Phi) is 5.35. The smallest absolute Gasteiger partial charge is 0.257 e. The van der Waals surface area contributed by atoms with E-state index in [1.807, 2.05) is 6.92 Å². The summed E-state index contributed by atoms with van der Waals surface area (Å²) in [5.74, 6) is -1.53. The molecule has 0 aliphatic rings. The standard InChI is InChI=1S/C21H20F2N2O2/c1-3-16-13(2)24-20(17-8-5-9-18(26)19(17)23)25(21(16)27)11-10-14-6-4-7-15(22)12-14/h4-9,12,26H,3,10-11H2,1-2H3. The van der Waals surface area contributed by atoms with Gasteiger partial charge in [-0.2, -0.15) is 0 Å². The topological polar surface area (TPSA) is 55.1 Å². The van der Waals surface area contributed by atoms with Gasteiger partial charge >= 0.3 is 0 Å². The van der Waals surface area contributed by atoms with Crippen molar-refractivity contribution in [2.45, 2.75) is 33.2 Å². The van der Waals surface area contributed by atoms with Crippen LogP contribution in [0.25, 0.3) is 11.4 Å². The van der Waals surface area contributed by atoms with Gasteiger partial charge in [0.25, 0.3) is 5.56 Å². The number of benzene rings is 2. The quantitative estimate of drug-likeness (QED) is 0.738. The van der Waals surface area contributed by atoms with Crippen LogP contribution in [-0.4, -0.2) is 14.7 Å². The average molecular weight is 370 g/mol. The molecule has 0 saturated heterocycles. The van der Waals surface area contributed by atoms with Crippen LogP contribution in [0.3, 0.4) is 0 Å². The summed E-state index contributed by atoms with van der Waals surface area (Å²) in [5, 5.41) is 9.70. The molecule has 0 spiro atoms. The molecule has 0 aliphatic heterocycles. The second kappa shape index (κ2) is 7.70. The van der Waals surface area contributed by atoms with E-state index in [1.165, 1.54) is 34.9 Å². The molecule has 2 aromatic carbocycles. The molecular formula is C21H20F2N2O2. The van der Waals surface area contributed by atoms with E-state index < -0.39 is 11.6 Å². The van der Waals surface area contributed by atoms with Crippen LogP contribution >= 0.6 is 0 Å². The summed E-state index contributed by atoms with van der Waals surface area (Å²) in [6.07, 6.45) is 0.888. The molecule has 0 fully saturated rings. The summed E-state index contributed by atoms with van der Waals surface area (Å²) in [4.78, 5) is 17.4. The van der Waals surface area contributed by atoms with Gasteiger partial charge in [-0.15, -0.1) is 0 Å². The molecule has 27 heavy (non-hydrogen) atoms. The maximum Gasteiger partial charge on any atom is 0.257 e. The molecule has 0 radical (unpaired) electrons. The first-order chi connectivity index (χ1) is 12.9. The van der Waals surface area contributed by atoms with Crippen LogP contribution in [0.15, 0.2) is 47.3 Å². The molecule has 0 amide bonds. The third kappa shape index (κ3) is 3.74. The highest BCUT2D eigenvalue weighted by atomic mass is 19.1. The van der Waals surface area contributed by atoms with Crippen molar-refractivity contribution >= 4 is 0 Å². The summed E-state index contributed by atoms with van der Waals surface area (Å²) in [6.45, 7) is 3.78. The lowest BCUT2D eigenvalue weighted by Crippen LogP contribution is -2.28. The number of halogens is 2. The van der Waals surface area contributed by atoms with Gasteiger partial charge in [-0.25, -0.2) is 13.8 Å². The van der Waals surface area contributed by atoms with Crippen LogP contribution in [-0.2, 0) is 19.4 Å². The predicted molar refractivity (Wildman–Crippen MR) is 99.8 cm³/mol. The molecule has 0 atom stereocenters. The highest BCUT2D eigenvalue weighted by Gasteiger charge is 2.18. The monoisotopic (exact) mass is 370 g/mol. The van der Waals surface area contributed by atoms with E-state index in [0.29, 0.717) is 24.1 Å². The van der Waals surface area contributed by atoms with Crippen LogP contribution in [0.1, 0.15) is 23.7 Å².